The lowest BCUT2D eigenvalue weighted by atomic mass is 9.96. The molecule has 1 N–H and O–H groups in total. The number of fused-ring (bicyclic) bond motifs is 1. The normalized spacial score (nSPS) is 14.0. The second-order valence-corrected chi connectivity index (χ2v) is 8.51. The van der Waals surface area contributed by atoms with E-state index in [4.69, 9.17) is 27.7 Å². The van der Waals surface area contributed by atoms with Crippen molar-refractivity contribution in [3.8, 4) is 29.5 Å². The van der Waals surface area contributed by atoms with Crippen molar-refractivity contribution in [1.29, 1.82) is 0 Å². The summed E-state index contributed by atoms with van der Waals surface area (Å²) in [5.41, 5.74) is 3.24. The Morgan fingerprint density at radius 2 is 2.09 bits per heavy atom. The summed E-state index contributed by atoms with van der Waals surface area (Å²) in [6, 6.07) is 3.64. The molecule has 2 amide bonds. The van der Waals surface area contributed by atoms with Gasteiger partial charge in [-0.05, 0) is 38.5 Å². The molecular formula is C24H23ClN6O3. The number of alkyl halides is 1. The highest BCUT2D eigenvalue weighted by molar-refractivity contribution is 6.15. The molecule has 0 unspecified atom stereocenters. The van der Waals surface area contributed by atoms with Crippen molar-refractivity contribution >= 4 is 29.1 Å². The second-order valence-electron chi connectivity index (χ2n) is 8.27. The van der Waals surface area contributed by atoms with Gasteiger partial charge in [-0.3, -0.25) is 19.2 Å². The van der Waals surface area contributed by atoms with Crippen molar-refractivity contribution in [3.63, 3.8) is 0 Å². The number of rotatable bonds is 6. The van der Waals surface area contributed by atoms with E-state index in [1.807, 2.05) is 26.8 Å². The van der Waals surface area contributed by atoms with Gasteiger partial charge in [0.15, 0.2) is 0 Å². The number of nitrogens with one attached hydrogen (secondary N) is 1. The number of carbonyl (C=O) groups is 2. The molecule has 0 bridgehead atoms. The minimum Gasteiger partial charge on any atom is -0.480 e. The van der Waals surface area contributed by atoms with Gasteiger partial charge >= 0.3 is 0 Å². The van der Waals surface area contributed by atoms with E-state index in [9.17, 15) is 9.59 Å². The van der Waals surface area contributed by atoms with Crippen LogP contribution in [0.3, 0.4) is 0 Å². The van der Waals surface area contributed by atoms with Crippen LogP contribution in [0.25, 0.3) is 11.3 Å². The number of halogens is 1. The standard InChI is InChI=1S/C24H23ClN6O3/c1-6-7-26-21(32)17-9-15(10-27-22(17)34-5)18-8-14(2)19-20(29-18)24(3,4)31(23(19)33)16-11-28-30(12-16)13-25/h1,8-12H,7,13H2,2-5H3,(H,26,32). The van der Waals surface area contributed by atoms with E-state index in [0.717, 1.165) is 5.56 Å². The smallest absolute Gasteiger partial charge is 0.261 e. The summed E-state index contributed by atoms with van der Waals surface area (Å²) in [5.74, 6) is 1.98. The first-order valence-corrected chi connectivity index (χ1v) is 11.0. The zero-order chi connectivity index (χ0) is 24.6. The van der Waals surface area contributed by atoms with Gasteiger partial charge in [-0.1, -0.05) is 5.92 Å². The van der Waals surface area contributed by atoms with Gasteiger partial charge < -0.3 is 10.1 Å². The maximum absolute atomic E-state index is 13.4. The minimum absolute atomic E-state index is 0.0782. The summed E-state index contributed by atoms with van der Waals surface area (Å²) in [5, 5.41) is 6.81. The SMILES string of the molecule is C#CCNC(=O)c1cc(-c2cc(C)c3c(n2)C(C)(C)N(c2cnn(CCl)c2)C3=O)cnc1OC. The van der Waals surface area contributed by atoms with E-state index in [1.54, 1.807) is 34.2 Å². The van der Waals surface area contributed by atoms with Gasteiger partial charge in [0, 0.05) is 11.8 Å². The highest BCUT2D eigenvalue weighted by Gasteiger charge is 2.47. The minimum atomic E-state index is -0.750. The summed E-state index contributed by atoms with van der Waals surface area (Å²) in [7, 11) is 1.44. The largest absolute Gasteiger partial charge is 0.480 e. The maximum Gasteiger partial charge on any atom is 0.261 e. The number of pyridine rings is 2. The number of ether oxygens (including phenoxy) is 1. The van der Waals surface area contributed by atoms with Crippen LogP contribution in [0.5, 0.6) is 5.88 Å². The Hall–Kier alpha value is -3.90. The van der Waals surface area contributed by atoms with Gasteiger partial charge in [0.2, 0.25) is 5.88 Å². The molecule has 9 nitrogen and oxygen atoms in total. The number of anilines is 1. The number of carbonyl (C=O) groups excluding carboxylic acids is 2. The zero-order valence-corrected chi connectivity index (χ0v) is 20.0. The van der Waals surface area contributed by atoms with Crippen LogP contribution in [0.1, 0.15) is 45.8 Å². The van der Waals surface area contributed by atoms with Crippen molar-refractivity contribution in [2.45, 2.75) is 32.3 Å². The lowest BCUT2D eigenvalue weighted by Gasteiger charge is -2.30. The van der Waals surface area contributed by atoms with Gasteiger partial charge in [0.25, 0.3) is 11.8 Å². The Morgan fingerprint density at radius 3 is 2.74 bits per heavy atom. The topological polar surface area (TPSA) is 102 Å². The predicted octanol–water partition coefficient (Wildman–Crippen LogP) is 3.11. The summed E-state index contributed by atoms with van der Waals surface area (Å²) in [6.45, 7) is 5.79. The first kappa shape index (κ1) is 23.3. The molecule has 10 heteroatoms. The maximum atomic E-state index is 13.4. The van der Waals surface area contributed by atoms with Crippen molar-refractivity contribution < 1.29 is 14.3 Å². The fourth-order valence-corrected chi connectivity index (χ4v) is 4.25. The molecule has 34 heavy (non-hydrogen) atoms. The molecule has 0 aliphatic carbocycles. The average molecular weight is 479 g/mol. The third-order valence-corrected chi connectivity index (χ3v) is 5.95. The summed E-state index contributed by atoms with van der Waals surface area (Å²) in [6.07, 6.45) is 10.2. The number of amides is 2. The third-order valence-electron chi connectivity index (χ3n) is 5.71. The van der Waals surface area contributed by atoms with E-state index in [0.29, 0.717) is 28.2 Å². The van der Waals surface area contributed by atoms with E-state index in [-0.39, 0.29) is 29.9 Å². The van der Waals surface area contributed by atoms with Crippen LogP contribution in [-0.4, -0.2) is 45.2 Å². The molecule has 0 saturated heterocycles. The third kappa shape index (κ3) is 3.76. The molecule has 3 aromatic rings. The van der Waals surface area contributed by atoms with Crippen molar-refractivity contribution in [3.05, 3.63) is 53.1 Å². The lowest BCUT2D eigenvalue weighted by molar-refractivity contribution is 0.0952. The van der Waals surface area contributed by atoms with Gasteiger partial charge in [0.05, 0.1) is 54.2 Å². The van der Waals surface area contributed by atoms with E-state index in [1.165, 1.54) is 7.11 Å². The fourth-order valence-electron chi connectivity index (χ4n) is 4.12. The van der Waals surface area contributed by atoms with Crippen LogP contribution in [-0.2, 0) is 11.5 Å². The van der Waals surface area contributed by atoms with Crippen molar-refractivity contribution in [1.82, 2.24) is 25.1 Å². The lowest BCUT2D eigenvalue weighted by Crippen LogP contribution is -2.39. The van der Waals surface area contributed by atoms with Crippen LogP contribution < -0.4 is 15.0 Å². The van der Waals surface area contributed by atoms with Crippen LogP contribution in [0.4, 0.5) is 5.69 Å². The van der Waals surface area contributed by atoms with Gasteiger partial charge in [-0.25, -0.2) is 9.97 Å². The number of aromatic nitrogens is 4. The zero-order valence-electron chi connectivity index (χ0n) is 19.2. The van der Waals surface area contributed by atoms with Crippen LogP contribution in [0.2, 0.25) is 0 Å². The molecule has 0 saturated carbocycles. The molecule has 4 rings (SSSR count). The van der Waals surface area contributed by atoms with E-state index >= 15 is 0 Å². The summed E-state index contributed by atoms with van der Waals surface area (Å²) >= 11 is 5.87. The van der Waals surface area contributed by atoms with Crippen molar-refractivity contribution in [2.24, 2.45) is 0 Å². The molecule has 1 aliphatic heterocycles. The second kappa shape index (κ2) is 8.80. The molecule has 4 heterocycles. The van der Waals surface area contributed by atoms with Gasteiger partial charge in [-0.2, -0.15) is 5.10 Å². The molecule has 0 atom stereocenters. The number of hydrogen-bond donors (Lipinski definition) is 1. The van der Waals surface area contributed by atoms with E-state index < -0.39 is 11.4 Å². The van der Waals surface area contributed by atoms with Crippen LogP contribution in [0.15, 0.2) is 30.7 Å². The van der Waals surface area contributed by atoms with Crippen LogP contribution >= 0.6 is 11.6 Å². The molecule has 1 aliphatic rings. The monoisotopic (exact) mass is 478 g/mol. The quantitative estimate of drug-likeness (QED) is 0.431. The highest BCUT2D eigenvalue weighted by Crippen LogP contribution is 2.43. The Bertz CT molecular complexity index is 1340. The Labute approximate surface area is 202 Å². The number of nitrogens with zero attached hydrogens (tertiary/aromatic N) is 5. The Balaban J connectivity index is 1.80. The van der Waals surface area contributed by atoms with Crippen molar-refractivity contribution in [2.75, 3.05) is 18.6 Å². The molecule has 0 aromatic carbocycles. The number of methoxy groups -OCH3 is 1. The molecule has 0 radical (unpaired) electrons. The Morgan fingerprint density at radius 1 is 1.32 bits per heavy atom. The molecule has 0 spiro atoms. The number of hydrogen-bond acceptors (Lipinski definition) is 6. The first-order valence-electron chi connectivity index (χ1n) is 10.4. The number of aryl methyl sites for hydroxylation is 1. The fraction of sp³-hybridized carbons (Fsp3) is 0.292. The highest BCUT2D eigenvalue weighted by atomic mass is 35.5. The molecule has 3 aromatic heterocycles. The van der Waals surface area contributed by atoms with E-state index in [2.05, 4.69) is 21.3 Å². The predicted molar refractivity (Wildman–Crippen MR) is 128 cm³/mol. The summed E-state index contributed by atoms with van der Waals surface area (Å²) in [4.78, 5) is 36.8. The Kier molecular flexibility index (Phi) is 6.02. The van der Waals surface area contributed by atoms with Gasteiger partial charge in [0.1, 0.15) is 11.6 Å². The number of terminal acetylenes is 1. The van der Waals surface area contributed by atoms with Gasteiger partial charge in [-0.15, -0.1) is 18.0 Å². The molecular weight excluding hydrogens is 456 g/mol. The average Bonchev–Trinajstić information content (AvgIpc) is 3.36. The molecule has 0 fully saturated rings. The molecule has 174 valence electrons. The first-order chi connectivity index (χ1) is 16.2. The summed E-state index contributed by atoms with van der Waals surface area (Å²) < 4.78 is 6.79. The van der Waals surface area contributed by atoms with Crippen LogP contribution in [0, 0.1) is 19.3 Å².